The zero-order valence-corrected chi connectivity index (χ0v) is 11.8. The fraction of sp³-hybridized carbons (Fsp3) is 0.467. The van der Waals surface area contributed by atoms with Crippen LogP contribution in [0.3, 0.4) is 0 Å². The Morgan fingerprint density at radius 1 is 1.25 bits per heavy atom. The Balaban J connectivity index is 2.25. The number of carbonyl (C=O) groups is 2. The number of piperazine rings is 1. The fourth-order valence-corrected chi connectivity index (χ4v) is 2.50. The summed E-state index contributed by atoms with van der Waals surface area (Å²) in [4.78, 5) is 27.3. The number of carbonyl (C=O) groups excluding carboxylic acids is 1. The van der Waals surface area contributed by atoms with Crippen LogP contribution in [0.2, 0.25) is 0 Å². The predicted octanol–water partition coefficient (Wildman–Crippen LogP) is 1.22. The maximum Gasteiger partial charge on any atom is 0.315 e. The number of hydrogen-bond donors (Lipinski definition) is 1. The molecule has 1 fully saturated rings. The van der Waals surface area contributed by atoms with Crippen molar-refractivity contribution in [1.82, 2.24) is 9.80 Å². The molecule has 2 rings (SSSR count). The molecule has 1 aromatic carbocycles. The first-order chi connectivity index (χ1) is 9.50. The van der Waals surface area contributed by atoms with Gasteiger partial charge in [-0.05, 0) is 19.5 Å². The van der Waals surface area contributed by atoms with Gasteiger partial charge in [-0.15, -0.1) is 0 Å². The maximum absolute atomic E-state index is 12.4. The number of rotatable bonds is 3. The fourth-order valence-electron chi connectivity index (χ4n) is 2.50. The van der Waals surface area contributed by atoms with E-state index < -0.39 is 11.9 Å². The van der Waals surface area contributed by atoms with Crippen LogP contribution in [-0.2, 0) is 9.59 Å². The third kappa shape index (κ3) is 2.99. The molecule has 5 heteroatoms. The summed E-state index contributed by atoms with van der Waals surface area (Å²) in [6.07, 6.45) is 0. The van der Waals surface area contributed by atoms with E-state index in [1.807, 2.05) is 37.4 Å². The standard InChI is InChI=1S/C15H20N2O3/c1-11(15(19)20)14(18)17-9-8-16(2)10-13(17)12-6-4-3-5-7-12/h3-7,11,13H,8-10H2,1-2H3,(H,19,20). The van der Waals surface area contributed by atoms with E-state index in [1.165, 1.54) is 6.92 Å². The van der Waals surface area contributed by atoms with Gasteiger partial charge in [0.25, 0.3) is 0 Å². The molecule has 0 aromatic heterocycles. The first kappa shape index (κ1) is 14.5. The van der Waals surface area contributed by atoms with Crippen molar-refractivity contribution in [2.45, 2.75) is 13.0 Å². The van der Waals surface area contributed by atoms with Gasteiger partial charge in [0.15, 0.2) is 0 Å². The normalized spacial score (nSPS) is 21.5. The molecule has 1 heterocycles. The Labute approximate surface area is 118 Å². The second-order valence-corrected chi connectivity index (χ2v) is 5.28. The zero-order chi connectivity index (χ0) is 14.7. The highest BCUT2D eigenvalue weighted by Crippen LogP contribution is 2.26. The van der Waals surface area contributed by atoms with E-state index in [0.29, 0.717) is 6.54 Å². The molecule has 0 spiro atoms. The van der Waals surface area contributed by atoms with Gasteiger partial charge in [0.05, 0.1) is 6.04 Å². The van der Waals surface area contributed by atoms with Gasteiger partial charge in [-0.25, -0.2) is 0 Å². The molecule has 0 saturated carbocycles. The van der Waals surface area contributed by atoms with Crippen molar-refractivity contribution >= 4 is 11.9 Å². The molecule has 0 radical (unpaired) electrons. The first-order valence-electron chi connectivity index (χ1n) is 6.77. The summed E-state index contributed by atoms with van der Waals surface area (Å²) in [7, 11) is 2.01. The molecule has 0 aliphatic carbocycles. The molecule has 1 amide bonds. The van der Waals surface area contributed by atoms with Crippen LogP contribution in [0.15, 0.2) is 30.3 Å². The van der Waals surface area contributed by atoms with Crippen LogP contribution in [0.1, 0.15) is 18.5 Å². The van der Waals surface area contributed by atoms with E-state index in [4.69, 9.17) is 5.11 Å². The Morgan fingerprint density at radius 2 is 1.90 bits per heavy atom. The topological polar surface area (TPSA) is 60.9 Å². The lowest BCUT2D eigenvalue weighted by molar-refractivity contribution is -0.152. The first-order valence-corrected chi connectivity index (χ1v) is 6.77. The Kier molecular flexibility index (Phi) is 4.39. The molecular formula is C15H20N2O3. The van der Waals surface area contributed by atoms with Crippen molar-refractivity contribution in [2.75, 3.05) is 26.7 Å². The molecular weight excluding hydrogens is 256 g/mol. The molecule has 1 aliphatic heterocycles. The minimum absolute atomic E-state index is 0.0794. The minimum Gasteiger partial charge on any atom is -0.481 e. The molecule has 1 aromatic rings. The molecule has 5 nitrogen and oxygen atoms in total. The quantitative estimate of drug-likeness (QED) is 0.843. The largest absolute Gasteiger partial charge is 0.481 e. The van der Waals surface area contributed by atoms with Gasteiger partial charge in [0, 0.05) is 19.6 Å². The van der Waals surface area contributed by atoms with E-state index in [-0.39, 0.29) is 11.9 Å². The number of aliphatic carboxylic acids is 1. The lowest BCUT2D eigenvalue weighted by atomic mass is 10.00. The van der Waals surface area contributed by atoms with Gasteiger partial charge in [-0.3, -0.25) is 9.59 Å². The summed E-state index contributed by atoms with van der Waals surface area (Å²) in [6.45, 7) is 3.50. The third-order valence-corrected chi connectivity index (χ3v) is 3.79. The summed E-state index contributed by atoms with van der Waals surface area (Å²) >= 11 is 0. The van der Waals surface area contributed by atoms with Crippen LogP contribution in [0.25, 0.3) is 0 Å². The lowest BCUT2D eigenvalue weighted by Gasteiger charge is -2.41. The van der Waals surface area contributed by atoms with Crippen LogP contribution in [0.4, 0.5) is 0 Å². The van der Waals surface area contributed by atoms with Gasteiger partial charge >= 0.3 is 5.97 Å². The monoisotopic (exact) mass is 276 g/mol. The second-order valence-electron chi connectivity index (χ2n) is 5.28. The molecule has 2 atom stereocenters. The second kappa shape index (κ2) is 6.05. The zero-order valence-electron chi connectivity index (χ0n) is 11.8. The van der Waals surface area contributed by atoms with Crippen LogP contribution in [-0.4, -0.2) is 53.5 Å². The highest BCUT2D eigenvalue weighted by molar-refractivity contribution is 5.96. The summed E-state index contributed by atoms with van der Waals surface area (Å²) in [6, 6.07) is 9.69. The van der Waals surface area contributed by atoms with E-state index in [9.17, 15) is 9.59 Å². The molecule has 2 unspecified atom stereocenters. The van der Waals surface area contributed by atoms with E-state index >= 15 is 0 Å². The van der Waals surface area contributed by atoms with Crippen molar-refractivity contribution < 1.29 is 14.7 Å². The minimum atomic E-state index is -1.07. The Hall–Kier alpha value is -1.88. The number of hydrogen-bond acceptors (Lipinski definition) is 3. The molecule has 0 bridgehead atoms. The van der Waals surface area contributed by atoms with Crippen LogP contribution >= 0.6 is 0 Å². The molecule has 1 aliphatic rings. The van der Waals surface area contributed by atoms with Gasteiger partial charge in [-0.1, -0.05) is 30.3 Å². The van der Waals surface area contributed by atoms with E-state index in [1.54, 1.807) is 4.90 Å². The summed E-state index contributed by atoms with van der Waals surface area (Å²) in [5.74, 6) is -2.37. The number of likely N-dealkylation sites (N-methyl/N-ethyl adjacent to an activating group) is 1. The van der Waals surface area contributed by atoms with Crippen molar-refractivity contribution in [2.24, 2.45) is 5.92 Å². The highest BCUT2D eigenvalue weighted by atomic mass is 16.4. The number of nitrogens with zero attached hydrogens (tertiary/aromatic N) is 2. The van der Waals surface area contributed by atoms with Crippen molar-refractivity contribution in [3.8, 4) is 0 Å². The summed E-state index contributed by atoms with van der Waals surface area (Å²) in [5.41, 5.74) is 1.05. The number of carboxylic acids is 1. The van der Waals surface area contributed by atoms with Crippen LogP contribution < -0.4 is 0 Å². The van der Waals surface area contributed by atoms with Crippen molar-refractivity contribution in [3.05, 3.63) is 35.9 Å². The SMILES string of the molecule is CC(C(=O)O)C(=O)N1CCN(C)CC1c1ccccc1. The number of benzene rings is 1. The van der Waals surface area contributed by atoms with Gasteiger partial charge in [0.1, 0.15) is 5.92 Å². The number of carboxylic acid groups (broad SMARTS) is 1. The molecule has 108 valence electrons. The van der Waals surface area contributed by atoms with Crippen molar-refractivity contribution in [3.63, 3.8) is 0 Å². The predicted molar refractivity (Wildman–Crippen MR) is 75.2 cm³/mol. The van der Waals surface area contributed by atoms with E-state index in [2.05, 4.69) is 4.90 Å². The van der Waals surface area contributed by atoms with Crippen LogP contribution in [0.5, 0.6) is 0 Å². The van der Waals surface area contributed by atoms with Gasteiger partial charge in [-0.2, -0.15) is 0 Å². The maximum atomic E-state index is 12.4. The Bertz CT molecular complexity index is 489. The summed E-state index contributed by atoms with van der Waals surface area (Å²) < 4.78 is 0. The molecule has 1 N–H and O–H groups in total. The highest BCUT2D eigenvalue weighted by Gasteiger charge is 2.34. The summed E-state index contributed by atoms with van der Waals surface area (Å²) in [5, 5.41) is 9.03. The lowest BCUT2D eigenvalue weighted by Crippen LogP contribution is -2.51. The third-order valence-electron chi connectivity index (χ3n) is 3.79. The molecule has 20 heavy (non-hydrogen) atoms. The van der Waals surface area contributed by atoms with E-state index in [0.717, 1.165) is 18.7 Å². The van der Waals surface area contributed by atoms with Gasteiger partial charge in [0.2, 0.25) is 5.91 Å². The Morgan fingerprint density at radius 3 is 2.50 bits per heavy atom. The van der Waals surface area contributed by atoms with Crippen LogP contribution in [0, 0.1) is 5.92 Å². The average molecular weight is 276 g/mol. The molecule has 1 saturated heterocycles. The van der Waals surface area contributed by atoms with Crippen molar-refractivity contribution in [1.29, 1.82) is 0 Å². The smallest absolute Gasteiger partial charge is 0.315 e. The number of amides is 1. The van der Waals surface area contributed by atoms with Gasteiger partial charge < -0.3 is 14.9 Å². The average Bonchev–Trinajstić information content (AvgIpc) is 2.46.